The zero-order valence-electron chi connectivity index (χ0n) is 15.7. The highest BCUT2D eigenvalue weighted by molar-refractivity contribution is 5.88. The molecule has 0 heterocycles. The molecule has 0 aromatic heterocycles. The lowest BCUT2D eigenvalue weighted by Crippen LogP contribution is -2.14. The number of rotatable bonds is 2. The third-order valence-corrected chi connectivity index (χ3v) is 5.91. The van der Waals surface area contributed by atoms with Crippen LogP contribution in [-0.2, 0) is 5.41 Å². The highest BCUT2D eigenvalue weighted by atomic mass is 14.4. The van der Waals surface area contributed by atoms with Gasteiger partial charge in [-0.1, -0.05) is 105 Å². The van der Waals surface area contributed by atoms with E-state index < -0.39 is 0 Å². The van der Waals surface area contributed by atoms with Crippen LogP contribution in [0.25, 0.3) is 33.4 Å². The van der Waals surface area contributed by atoms with Crippen molar-refractivity contribution >= 4 is 0 Å². The van der Waals surface area contributed by atoms with Gasteiger partial charge in [-0.05, 0) is 50.6 Å². The van der Waals surface area contributed by atoms with E-state index in [4.69, 9.17) is 0 Å². The fraction of sp³-hybridized carbons (Fsp3) is 0.111. The van der Waals surface area contributed by atoms with Crippen molar-refractivity contribution in [2.24, 2.45) is 0 Å². The van der Waals surface area contributed by atoms with Gasteiger partial charge in [0.15, 0.2) is 0 Å². The largest absolute Gasteiger partial charge is 0.0622 e. The van der Waals surface area contributed by atoms with Crippen LogP contribution >= 0.6 is 0 Å². The van der Waals surface area contributed by atoms with Gasteiger partial charge in [0.05, 0.1) is 0 Å². The Balaban J connectivity index is 1.70. The molecule has 1 aliphatic rings. The lowest BCUT2D eigenvalue weighted by molar-refractivity contribution is 0.660. The first-order chi connectivity index (χ1) is 13.2. The Bertz CT molecular complexity index is 1130. The smallest absolute Gasteiger partial charge is 0.0159 e. The van der Waals surface area contributed by atoms with Crippen LogP contribution in [0.3, 0.4) is 0 Å². The summed E-state index contributed by atoms with van der Waals surface area (Å²) in [5.74, 6) is 0. The van der Waals surface area contributed by atoms with Gasteiger partial charge in [0.1, 0.15) is 0 Å². The normalized spacial score (nSPS) is 13.9. The zero-order chi connectivity index (χ0) is 18.4. The summed E-state index contributed by atoms with van der Waals surface area (Å²) in [5, 5.41) is 0. The van der Waals surface area contributed by atoms with Crippen LogP contribution in [0.2, 0.25) is 0 Å². The molecule has 0 N–H and O–H groups in total. The van der Waals surface area contributed by atoms with Crippen LogP contribution in [0, 0.1) is 0 Å². The van der Waals surface area contributed by atoms with E-state index in [-0.39, 0.29) is 5.41 Å². The lowest BCUT2D eigenvalue weighted by Gasteiger charge is -2.22. The molecule has 0 amide bonds. The third-order valence-electron chi connectivity index (χ3n) is 5.91. The molecule has 0 spiro atoms. The SMILES string of the molecule is CC1(C)c2ccccc2-c2ccc(-c3ccccc3-c3ccccc3)cc21. The minimum atomic E-state index is 0.0314. The van der Waals surface area contributed by atoms with Gasteiger partial charge in [0, 0.05) is 5.41 Å². The van der Waals surface area contributed by atoms with E-state index in [2.05, 4.69) is 111 Å². The molecule has 27 heavy (non-hydrogen) atoms. The molecule has 0 bridgehead atoms. The average molecular weight is 346 g/mol. The summed E-state index contributed by atoms with van der Waals surface area (Å²) in [6, 6.07) is 35.2. The van der Waals surface area contributed by atoms with Crippen LogP contribution in [0.5, 0.6) is 0 Å². The first kappa shape index (κ1) is 16.1. The van der Waals surface area contributed by atoms with Crippen molar-refractivity contribution in [3.63, 3.8) is 0 Å². The molecular weight excluding hydrogens is 324 g/mol. The Morgan fingerprint density at radius 2 is 1.00 bits per heavy atom. The molecule has 0 nitrogen and oxygen atoms in total. The van der Waals surface area contributed by atoms with Crippen molar-refractivity contribution in [3.8, 4) is 33.4 Å². The van der Waals surface area contributed by atoms with E-state index in [9.17, 15) is 0 Å². The molecule has 4 aromatic rings. The summed E-state index contributed by atoms with van der Waals surface area (Å²) in [6.07, 6.45) is 0. The second-order valence-corrected chi connectivity index (χ2v) is 7.84. The van der Waals surface area contributed by atoms with Gasteiger partial charge in [-0.15, -0.1) is 0 Å². The molecule has 0 aliphatic heterocycles. The van der Waals surface area contributed by atoms with Crippen molar-refractivity contribution in [2.45, 2.75) is 19.3 Å². The Morgan fingerprint density at radius 3 is 1.74 bits per heavy atom. The molecular formula is C27H22. The summed E-state index contributed by atoms with van der Waals surface area (Å²) >= 11 is 0. The average Bonchev–Trinajstić information content (AvgIpc) is 2.96. The van der Waals surface area contributed by atoms with Crippen molar-refractivity contribution < 1.29 is 0 Å². The molecule has 0 unspecified atom stereocenters. The summed E-state index contributed by atoms with van der Waals surface area (Å²) in [7, 11) is 0. The predicted molar refractivity (Wildman–Crippen MR) is 115 cm³/mol. The molecule has 0 atom stereocenters. The number of hydrogen-bond donors (Lipinski definition) is 0. The first-order valence-corrected chi connectivity index (χ1v) is 9.55. The number of fused-ring (bicyclic) bond motifs is 3. The molecule has 5 rings (SSSR count). The van der Waals surface area contributed by atoms with Gasteiger partial charge in [-0.25, -0.2) is 0 Å². The highest BCUT2D eigenvalue weighted by Crippen LogP contribution is 2.49. The zero-order valence-corrected chi connectivity index (χ0v) is 15.7. The minimum absolute atomic E-state index is 0.0314. The minimum Gasteiger partial charge on any atom is -0.0622 e. The van der Waals surface area contributed by atoms with Crippen LogP contribution in [-0.4, -0.2) is 0 Å². The Hall–Kier alpha value is -3.12. The maximum absolute atomic E-state index is 2.40. The number of hydrogen-bond acceptors (Lipinski definition) is 0. The highest BCUT2D eigenvalue weighted by Gasteiger charge is 2.35. The molecule has 4 aromatic carbocycles. The summed E-state index contributed by atoms with van der Waals surface area (Å²) in [5.41, 5.74) is 10.7. The van der Waals surface area contributed by atoms with E-state index in [1.165, 1.54) is 44.5 Å². The van der Waals surface area contributed by atoms with Gasteiger partial charge in [-0.2, -0.15) is 0 Å². The van der Waals surface area contributed by atoms with Crippen LogP contribution < -0.4 is 0 Å². The molecule has 0 saturated carbocycles. The Kier molecular flexibility index (Phi) is 3.55. The van der Waals surface area contributed by atoms with E-state index in [0.29, 0.717) is 0 Å². The maximum atomic E-state index is 2.40. The molecule has 0 heteroatoms. The van der Waals surface area contributed by atoms with Gasteiger partial charge in [0.25, 0.3) is 0 Å². The van der Waals surface area contributed by atoms with E-state index >= 15 is 0 Å². The van der Waals surface area contributed by atoms with Crippen molar-refractivity contribution in [2.75, 3.05) is 0 Å². The van der Waals surface area contributed by atoms with Crippen molar-refractivity contribution in [3.05, 3.63) is 108 Å². The second-order valence-electron chi connectivity index (χ2n) is 7.84. The molecule has 0 radical (unpaired) electrons. The van der Waals surface area contributed by atoms with Crippen LogP contribution in [0.4, 0.5) is 0 Å². The summed E-state index contributed by atoms with van der Waals surface area (Å²) in [4.78, 5) is 0. The Labute approximate surface area is 161 Å². The van der Waals surface area contributed by atoms with E-state index in [1.807, 2.05) is 0 Å². The van der Waals surface area contributed by atoms with E-state index in [1.54, 1.807) is 0 Å². The monoisotopic (exact) mass is 346 g/mol. The summed E-state index contributed by atoms with van der Waals surface area (Å²) < 4.78 is 0. The maximum Gasteiger partial charge on any atom is 0.0159 e. The third kappa shape index (κ3) is 2.44. The van der Waals surface area contributed by atoms with Gasteiger partial charge in [0.2, 0.25) is 0 Å². The van der Waals surface area contributed by atoms with Gasteiger partial charge < -0.3 is 0 Å². The molecule has 130 valence electrons. The Morgan fingerprint density at radius 1 is 0.444 bits per heavy atom. The van der Waals surface area contributed by atoms with Crippen LogP contribution in [0.1, 0.15) is 25.0 Å². The fourth-order valence-corrected chi connectivity index (χ4v) is 4.48. The van der Waals surface area contributed by atoms with Crippen LogP contribution in [0.15, 0.2) is 97.1 Å². The van der Waals surface area contributed by atoms with Gasteiger partial charge in [-0.3, -0.25) is 0 Å². The second kappa shape index (κ2) is 5.96. The first-order valence-electron chi connectivity index (χ1n) is 9.55. The lowest BCUT2D eigenvalue weighted by atomic mass is 9.81. The molecule has 1 aliphatic carbocycles. The summed E-state index contributed by atoms with van der Waals surface area (Å²) in [6.45, 7) is 4.68. The fourth-order valence-electron chi connectivity index (χ4n) is 4.48. The van der Waals surface area contributed by atoms with Gasteiger partial charge >= 0.3 is 0 Å². The molecule has 0 saturated heterocycles. The number of benzene rings is 4. The van der Waals surface area contributed by atoms with Crippen molar-refractivity contribution in [1.29, 1.82) is 0 Å². The van der Waals surface area contributed by atoms with Crippen molar-refractivity contribution in [1.82, 2.24) is 0 Å². The van der Waals surface area contributed by atoms with E-state index in [0.717, 1.165) is 0 Å². The predicted octanol–water partition coefficient (Wildman–Crippen LogP) is 7.33. The molecule has 0 fully saturated rings. The standard InChI is InChI=1S/C27H22/c1-27(2)25-15-9-8-14-23(25)24-17-16-20(18-26(24)27)22-13-7-6-12-21(22)19-10-4-3-5-11-19/h3-18H,1-2H3. The quantitative estimate of drug-likeness (QED) is 0.356. The topological polar surface area (TPSA) is 0 Å².